The summed E-state index contributed by atoms with van der Waals surface area (Å²) in [4.78, 5) is 12.4. The molecule has 2 aromatic rings. The van der Waals surface area contributed by atoms with Gasteiger partial charge >= 0.3 is 0 Å². The first-order valence-electron chi connectivity index (χ1n) is 12.4. The van der Waals surface area contributed by atoms with Gasteiger partial charge in [-0.2, -0.15) is 0 Å². The first kappa shape index (κ1) is 17.5. The maximum Gasteiger partial charge on any atom is 0.203 e. The largest absolute Gasteiger partial charge is 0.508 e. The molecule has 0 radical (unpaired) electrons. The summed E-state index contributed by atoms with van der Waals surface area (Å²) in [5.74, 6) is -0.806. The van der Waals surface area contributed by atoms with Gasteiger partial charge < -0.3 is 33.5 Å². The second-order valence-electron chi connectivity index (χ2n) is 6.35. The van der Waals surface area contributed by atoms with E-state index in [0.717, 1.165) is 6.08 Å². The van der Waals surface area contributed by atoms with Crippen LogP contribution in [0.3, 0.4) is 0 Å². The van der Waals surface area contributed by atoms with Crippen molar-refractivity contribution in [3.63, 3.8) is 0 Å². The van der Waals surface area contributed by atoms with Crippen LogP contribution in [-0.2, 0) is 4.79 Å². The van der Waals surface area contributed by atoms with E-state index in [-0.39, 0.29) is 40.3 Å². The summed E-state index contributed by atoms with van der Waals surface area (Å²) in [6.07, 6.45) is 6.26. The van der Waals surface area contributed by atoms with Gasteiger partial charge in [-0.1, -0.05) is 12.2 Å². The number of methoxy groups -OCH3 is 6. The number of allylic oxidation sites excluding steroid dienone is 3. The summed E-state index contributed by atoms with van der Waals surface area (Å²) in [6.45, 7) is 0. The number of aliphatic hydroxyl groups is 1. The van der Waals surface area contributed by atoms with Crippen molar-refractivity contribution in [1.29, 1.82) is 0 Å². The second kappa shape index (κ2) is 12.1. The number of carbonyl (C=O) groups is 1. The van der Waals surface area contributed by atoms with Crippen LogP contribution < -0.4 is 28.4 Å². The Bertz CT molecular complexity index is 1210. The van der Waals surface area contributed by atoms with Gasteiger partial charge in [0.25, 0.3) is 0 Å². The standard InChI is InChI=1S/C25H28O8/c1-28-20-11-16(12-21(29-2)24(20)32-5)7-9-18(26)15-19(27)10-8-17-13-22(30-3)25(33-6)23(14-17)31-4/h7-15,26H,1-6H3/b9-7+,10-8+,18-15-/i5D3,6D3. The van der Waals surface area contributed by atoms with Crippen molar-refractivity contribution in [2.75, 3.05) is 42.5 Å². The lowest BCUT2D eigenvalue weighted by Crippen LogP contribution is -1.96. The van der Waals surface area contributed by atoms with Crippen molar-refractivity contribution in [2.45, 2.75) is 0 Å². The van der Waals surface area contributed by atoms with Crippen LogP contribution >= 0.6 is 0 Å². The van der Waals surface area contributed by atoms with Gasteiger partial charge in [0.1, 0.15) is 5.76 Å². The molecule has 33 heavy (non-hydrogen) atoms. The van der Waals surface area contributed by atoms with E-state index >= 15 is 0 Å². The minimum atomic E-state index is -2.73. The monoisotopic (exact) mass is 462 g/mol. The normalized spacial score (nSPS) is 15.0. The molecular formula is C25H28O8. The van der Waals surface area contributed by atoms with Crippen LogP contribution in [0, 0.1) is 0 Å². The summed E-state index contributed by atoms with van der Waals surface area (Å²) in [5.41, 5.74) is 0.903. The first-order valence-corrected chi connectivity index (χ1v) is 9.40. The Morgan fingerprint density at radius 2 is 1.12 bits per heavy atom. The fraction of sp³-hybridized carbons (Fsp3) is 0.240. The van der Waals surface area contributed by atoms with Crippen LogP contribution in [0.5, 0.6) is 34.5 Å². The molecule has 0 atom stereocenters. The third-order valence-electron chi connectivity index (χ3n) is 4.35. The lowest BCUT2D eigenvalue weighted by atomic mass is 10.1. The van der Waals surface area contributed by atoms with Gasteiger partial charge in [0.15, 0.2) is 28.8 Å². The lowest BCUT2D eigenvalue weighted by Gasteiger charge is -2.12. The van der Waals surface area contributed by atoms with Crippen molar-refractivity contribution in [1.82, 2.24) is 0 Å². The molecule has 8 nitrogen and oxygen atoms in total. The molecule has 2 aromatic carbocycles. The topological polar surface area (TPSA) is 92.7 Å². The summed E-state index contributed by atoms with van der Waals surface area (Å²) < 4.78 is 74.6. The molecule has 0 bridgehead atoms. The fourth-order valence-corrected chi connectivity index (χ4v) is 2.80. The molecule has 0 amide bonds. The van der Waals surface area contributed by atoms with E-state index in [2.05, 4.69) is 0 Å². The van der Waals surface area contributed by atoms with E-state index in [1.54, 1.807) is 0 Å². The van der Waals surface area contributed by atoms with E-state index in [1.807, 2.05) is 0 Å². The molecule has 8 heteroatoms. The lowest BCUT2D eigenvalue weighted by molar-refractivity contribution is -0.110. The van der Waals surface area contributed by atoms with Gasteiger partial charge in [-0.05, 0) is 47.5 Å². The number of aliphatic hydroxyl groups excluding tert-OH is 1. The van der Waals surface area contributed by atoms with Gasteiger partial charge in [-0.3, -0.25) is 4.79 Å². The van der Waals surface area contributed by atoms with E-state index < -0.39 is 19.9 Å². The summed E-state index contributed by atoms with van der Waals surface area (Å²) >= 11 is 0. The van der Waals surface area contributed by atoms with Crippen LogP contribution in [0.25, 0.3) is 12.2 Å². The molecular weight excluding hydrogens is 428 g/mol. The maximum atomic E-state index is 12.4. The van der Waals surface area contributed by atoms with Crippen molar-refractivity contribution < 1.29 is 46.5 Å². The number of carbonyl (C=O) groups excluding carboxylic acids is 1. The number of benzene rings is 2. The minimum Gasteiger partial charge on any atom is -0.508 e. The SMILES string of the molecule is [2H]C([2H])([2H])Oc1c(OC)cc(/C=C/C(=O)/C=C(O)/C=C/c2cc(OC)c(OC([2H])([2H])[2H])c(OC)c2)cc1OC. The van der Waals surface area contributed by atoms with Crippen LogP contribution in [0.2, 0.25) is 0 Å². The van der Waals surface area contributed by atoms with Gasteiger partial charge in [0, 0.05) is 6.08 Å². The number of rotatable bonds is 11. The van der Waals surface area contributed by atoms with E-state index in [9.17, 15) is 9.90 Å². The molecule has 2 rings (SSSR count). The average molecular weight is 463 g/mol. The Hall–Kier alpha value is -4.07. The molecule has 0 aliphatic rings. The quantitative estimate of drug-likeness (QED) is 0.297. The molecule has 0 unspecified atom stereocenters. The highest BCUT2D eigenvalue weighted by Gasteiger charge is 2.13. The van der Waals surface area contributed by atoms with Crippen LogP contribution in [-0.4, -0.2) is 53.4 Å². The van der Waals surface area contributed by atoms with Gasteiger partial charge in [-0.25, -0.2) is 0 Å². The second-order valence-corrected chi connectivity index (χ2v) is 6.35. The Morgan fingerprint density at radius 1 is 0.727 bits per heavy atom. The first-order chi connectivity index (χ1) is 18.2. The average Bonchev–Trinajstić information content (AvgIpc) is 2.85. The van der Waals surface area contributed by atoms with E-state index in [1.165, 1.54) is 77.0 Å². The predicted octanol–water partition coefficient (Wildman–Crippen LogP) is 4.48. The van der Waals surface area contributed by atoms with E-state index in [4.69, 9.17) is 36.6 Å². The molecule has 0 saturated heterocycles. The molecule has 0 spiro atoms. The van der Waals surface area contributed by atoms with Gasteiger partial charge in [-0.15, -0.1) is 0 Å². The zero-order valence-electron chi connectivity index (χ0n) is 24.5. The van der Waals surface area contributed by atoms with E-state index in [0.29, 0.717) is 11.1 Å². The van der Waals surface area contributed by atoms with Crippen molar-refractivity contribution >= 4 is 17.9 Å². The van der Waals surface area contributed by atoms with Crippen molar-refractivity contribution in [2.24, 2.45) is 0 Å². The van der Waals surface area contributed by atoms with Crippen LogP contribution in [0.15, 0.2) is 48.3 Å². The molecule has 0 aliphatic carbocycles. The number of ketones is 1. The Balaban J connectivity index is 2.25. The zero-order valence-corrected chi connectivity index (χ0v) is 18.5. The molecule has 1 N–H and O–H groups in total. The molecule has 0 fully saturated rings. The van der Waals surface area contributed by atoms with Crippen molar-refractivity contribution in [3.8, 4) is 34.5 Å². The van der Waals surface area contributed by atoms with Gasteiger partial charge in [0.05, 0.1) is 50.7 Å². The highest BCUT2D eigenvalue weighted by Crippen LogP contribution is 2.39. The minimum absolute atomic E-state index is 0.0834. The number of hydrogen-bond acceptors (Lipinski definition) is 8. The van der Waals surface area contributed by atoms with Crippen LogP contribution in [0.4, 0.5) is 0 Å². The van der Waals surface area contributed by atoms with Crippen molar-refractivity contribution in [3.05, 3.63) is 59.4 Å². The molecule has 0 heterocycles. The predicted molar refractivity (Wildman–Crippen MR) is 126 cm³/mol. The Labute approximate surface area is 201 Å². The number of ether oxygens (including phenoxy) is 6. The Kier molecular flexibility index (Phi) is 6.41. The summed E-state index contributed by atoms with van der Waals surface area (Å²) in [5, 5.41) is 10.2. The third-order valence-corrected chi connectivity index (χ3v) is 4.35. The maximum absolute atomic E-state index is 12.4. The fourth-order valence-electron chi connectivity index (χ4n) is 2.80. The molecule has 0 saturated carbocycles. The summed E-state index contributed by atoms with van der Waals surface area (Å²) in [6, 6.07) is 5.85. The highest BCUT2D eigenvalue weighted by molar-refractivity contribution is 6.02. The molecule has 176 valence electrons. The molecule has 0 aromatic heterocycles. The highest BCUT2D eigenvalue weighted by atomic mass is 16.5. The number of hydrogen-bond donors (Lipinski definition) is 1. The zero-order chi connectivity index (χ0) is 29.4. The third kappa shape index (κ3) is 6.46. The van der Waals surface area contributed by atoms with Gasteiger partial charge in [0.2, 0.25) is 11.5 Å². The van der Waals surface area contributed by atoms with Crippen LogP contribution in [0.1, 0.15) is 19.4 Å². The Morgan fingerprint density at radius 3 is 1.48 bits per heavy atom. The smallest absolute Gasteiger partial charge is 0.203 e. The molecule has 0 aliphatic heterocycles. The summed E-state index contributed by atoms with van der Waals surface area (Å²) in [7, 11) is -0.144.